The van der Waals surface area contributed by atoms with E-state index in [2.05, 4.69) is 10.0 Å². The van der Waals surface area contributed by atoms with E-state index in [0.717, 1.165) is 33.4 Å². The molecule has 0 aliphatic carbocycles. The van der Waals surface area contributed by atoms with Crippen LogP contribution in [0.4, 0.5) is 5.69 Å². The van der Waals surface area contributed by atoms with Crippen LogP contribution in [0, 0.1) is 33.6 Å². The molecule has 3 aromatic rings. The Balaban J connectivity index is 1.85. The number of anilines is 1. The zero-order valence-electron chi connectivity index (χ0n) is 21.3. The third-order valence-electron chi connectivity index (χ3n) is 6.38. The van der Waals surface area contributed by atoms with Crippen molar-refractivity contribution in [3.8, 4) is 11.1 Å². The maximum Gasteiger partial charge on any atom is 0.326 e. The summed E-state index contributed by atoms with van der Waals surface area (Å²) in [6.07, 6.45) is 0. The van der Waals surface area contributed by atoms with Crippen LogP contribution in [0.15, 0.2) is 59.5 Å². The summed E-state index contributed by atoms with van der Waals surface area (Å²) in [6, 6.07) is 14.7. The molecule has 0 saturated heterocycles. The van der Waals surface area contributed by atoms with Gasteiger partial charge in [-0.2, -0.15) is 0 Å². The number of amides is 1. The fourth-order valence-corrected chi connectivity index (χ4v) is 5.77. The fourth-order valence-electron chi connectivity index (χ4n) is 4.10. The molecule has 0 heterocycles. The Bertz CT molecular complexity index is 1380. The summed E-state index contributed by atoms with van der Waals surface area (Å²) in [4.78, 5) is 24.2. The van der Waals surface area contributed by atoms with Gasteiger partial charge in [0.15, 0.2) is 0 Å². The minimum Gasteiger partial charge on any atom is -0.480 e. The minimum atomic E-state index is -3.81. The van der Waals surface area contributed by atoms with Crippen LogP contribution in [-0.4, -0.2) is 31.4 Å². The van der Waals surface area contributed by atoms with Crippen LogP contribution in [0.1, 0.15) is 46.5 Å². The van der Waals surface area contributed by atoms with Gasteiger partial charge in [0.1, 0.15) is 6.04 Å². The monoisotopic (exact) mass is 508 g/mol. The average Bonchev–Trinajstić information content (AvgIpc) is 2.80. The van der Waals surface area contributed by atoms with Gasteiger partial charge >= 0.3 is 5.97 Å². The van der Waals surface area contributed by atoms with Gasteiger partial charge < -0.3 is 10.4 Å². The minimum absolute atomic E-state index is 0.256. The second-order valence-corrected chi connectivity index (χ2v) is 11.0. The summed E-state index contributed by atoms with van der Waals surface area (Å²) >= 11 is 0. The lowest BCUT2D eigenvalue weighted by Crippen LogP contribution is -2.44. The Morgan fingerprint density at radius 1 is 0.833 bits per heavy atom. The van der Waals surface area contributed by atoms with Crippen LogP contribution in [0.25, 0.3) is 11.1 Å². The Kier molecular flexibility index (Phi) is 7.89. The lowest BCUT2D eigenvalue weighted by atomic mass is 10.0. The molecule has 0 fully saturated rings. The molecule has 3 rings (SSSR count). The Morgan fingerprint density at radius 3 is 1.94 bits per heavy atom. The van der Waals surface area contributed by atoms with Gasteiger partial charge in [-0.1, -0.05) is 44.2 Å². The van der Waals surface area contributed by atoms with E-state index in [0.29, 0.717) is 16.1 Å². The van der Waals surface area contributed by atoms with E-state index in [9.17, 15) is 23.1 Å². The molecule has 8 heteroatoms. The van der Waals surface area contributed by atoms with Crippen molar-refractivity contribution in [3.63, 3.8) is 0 Å². The first kappa shape index (κ1) is 26.9. The molecule has 7 nitrogen and oxygen atoms in total. The highest BCUT2D eigenvalue weighted by atomic mass is 32.2. The second kappa shape index (κ2) is 10.5. The zero-order valence-corrected chi connectivity index (χ0v) is 22.2. The lowest BCUT2D eigenvalue weighted by molar-refractivity contribution is -0.140. The molecular weight excluding hydrogens is 476 g/mol. The van der Waals surface area contributed by atoms with Crippen molar-refractivity contribution in [1.29, 1.82) is 0 Å². The first-order valence-electron chi connectivity index (χ1n) is 11.7. The number of aliphatic carboxylic acids is 1. The van der Waals surface area contributed by atoms with Crippen molar-refractivity contribution in [3.05, 3.63) is 82.4 Å². The van der Waals surface area contributed by atoms with Crippen molar-refractivity contribution in [2.24, 2.45) is 5.92 Å². The van der Waals surface area contributed by atoms with Crippen LogP contribution in [0.2, 0.25) is 0 Å². The number of aryl methyl sites for hydroxylation is 2. The van der Waals surface area contributed by atoms with E-state index in [4.69, 9.17) is 0 Å². The van der Waals surface area contributed by atoms with Gasteiger partial charge in [0.05, 0.1) is 4.90 Å². The Labute approximate surface area is 212 Å². The van der Waals surface area contributed by atoms with Crippen molar-refractivity contribution < 1.29 is 23.1 Å². The molecule has 0 bridgehead atoms. The third-order valence-corrected chi connectivity index (χ3v) is 8.03. The number of carboxylic acid groups (broad SMARTS) is 1. The standard InChI is InChI=1S/C28H32N2O5S/c1-16(2)25(28(32)33)29-27(31)22-12-10-21(11-13-22)23-8-7-9-24(15-23)30-36(34,35)26-19(5)17(3)14-18(4)20(26)6/h7-16,25,30H,1-6H3,(H,29,31)(H,32,33). The van der Waals surface area contributed by atoms with Crippen molar-refractivity contribution in [1.82, 2.24) is 5.32 Å². The van der Waals surface area contributed by atoms with Gasteiger partial charge in [-0.05, 0) is 91.3 Å². The van der Waals surface area contributed by atoms with Gasteiger partial charge in [0.2, 0.25) is 0 Å². The number of hydrogen-bond acceptors (Lipinski definition) is 4. The van der Waals surface area contributed by atoms with Gasteiger partial charge in [-0.3, -0.25) is 9.52 Å². The van der Waals surface area contributed by atoms with E-state index in [1.54, 1.807) is 56.3 Å². The number of benzene rings is 3. The SMILES string of the molecule is Cc1cc(C)c(C)c(S(=O)(=O)Nc2cccc(-c3ccc(C(=O)NC(C(=O)O)C(C)C)cc3)c2)c1C. The summed E-state index contributed by atoms with van der Waals surface area (Å²) in [5.74, 6) is -1.81. The first-order chi connectivity index (χ1) is 16.8. The van der Waals surface area contributed by atoms with Crippen LogP contribution >= 0.6 is 0 Å². The maximum absolute atomic E-state index is 13.3. The lowest BCUT2D eigenvalue weighted by Gasteiger charge is -2.18. The number of carboxylic acids is 1. The molecule has 1 unspecified atom stereocenters. The summed E-state index contributed by atoms with van der Waals surface area (Å²) in [7, 11) is -3.81. The van der Waals surface area contributed by atoms with Crippen molar-refractivity contribution in [2.75, 3.05) is 4.72 Å². The Morgan fingerprint density at radius 2 is 1.42 bits per heavy atom. The van der Waals surface area contributed by atoms with Crippen LogP contribution in [0.3, 0.4) is 0 Å². The smallest absolute Gasteiger partial charge is 0.326 e. The Hall–Kier alpha value is -3.65. The van der Waals surface area contributed by atoms with Gasteiger partial charge in [0.25, 0.3) is 15.9 Å². The van der Waals surface area contributed by atoms with E-state index in [1.807, 2.05) is 39.8 Å². The van der Waals surface area contributed by atoms with E-state index >= 15 is 0 Å². The number of nitrogens with one attached hydrogen (secondary N) is 2. The first-order valence-corrected chi connectivity index (χ1v) is 13.1. The number of rotatable bonds is 8. The molecule has 3 aromatic carbocycles. The maximum atomic E-state index is 13.3. The molecule has 0 spiro atoms. The number of hydrogen-bond donors (Lipinski definition) is 3. The van der Waals surface area contributed by atoms with Crippen LogP contribution in [0.5, 0.6) is 0 Å². The molecule has 1 atom stereocenters. The van der Waals surface area contributed by atoms with Crippen molar-refractivity contribution in [2.45, 2.75) is 52.5 Å². The van der Waals surface area contributed by atoms with Gasteiger partial charge in [0, 0.05) is 11.3 Å². The normalized spacial score (nSPS) is 12.3. The van der Waals surface area contributed by atoms with Crippen LogP contribution < -0.4 is 10.0 Å². The molecule has 1 amide bonds. The van der Waals surface area contributed by atoms with Crippen LogP contribution in [-0.2, 0) is 14.8 Å². The largest absolute Gasteiger partial charge is 0.480 e. The molecule has 36 heavy (non-hydrogen) atoms. The number of sulfonamides is 1. The van der Waals surface area contributed by atoms with Crippen molar-refractivity contribution >= 4 is 27.6 Å². The second-order valence-electron chi connectivity index (χ2n) is 9.39. The third kappa shape index (κ3) is 5.76. The quantitative estimate of drug-likeness (QED) is 0.386. The average molecular weight is 509 g/mol. The summed E-state index contributed by atoms with van der Waals surface area (Å²) in [5.41, 5.74) is 5.58. The fraction of sp³-hybridized carbons (Fsp3) is 0.286. The molecule has 190 valence electrons. The molecule has 0 radical (unpaired) electrons. The molecule has 0 aromatic heterocycles. The van der Waals surface area contributed by atoms with E-state index in [1.165, 1.54) is 0 Å². The number of carbonyl (C=O) groups excluding carboxylic acids is 1. The number of carbonyl (C=O) groups is 2. The topological polar surface area (TPSA) is 113 Å². The predicted octanol–water partition coefficient (Wildman–Crippen LogP) is 5.23. The van der Waals surface area contributed by atoms with Gasteiger partial charge in [-0.15, -0.1) is 0 Å². The molecule has 3 N–H and O–H groups in total. The van der Waals surface area contributed by atoms with E-state index in [-0.39, 0.29) is 5.92 Å². The summed E-state index contributed by atoms with van der Waals surface area (Å²) in [6.45, 7) is 10.9. The molecular formula is C28H32N2O5S. The molecule has 0 aliphatic heterocycles. The van der Waals surface area contributed by atoms with Gasteiger partial charge in [-0.25, -0.2) is 13.2 Å². The summed E-state index contributed by atoms with van der Waals surface area (Å²) in [5, 5.41) is 11.8. The molecule has 0 aliphatic rings. The predicted molar refractivity (Wildman–Crippen MR) is 142 cm³/mol. The zero-order chi connectivity index (χ0) is 26.8. The molecule has 0 saturated carbocycles. The summed E-state index contributed by atoms with van der Waals surface area (Å²) < 4.78 is 29.3. The highest BCUT2D eigenvalue weighted by Gasteiger charge is 2.24. The van der Waals surface area contributed by atoms with E-state index < -0.39 is 27.9 Å². The highest BCUT2D eigenvalue weighted by Crippen LogP contribution is 2.29. The highest BCUT2D eigenvalue weighted by molar-refractivity contribution is 7.92.